The molecule has 0 N–H and O–H groups in total. The fourth-order valence-electron chi connectivity index (χ4n) is 4.54. The Balaban J connectivity index is 1.64. The molecule has 0 aromatic carbocycles. The van der Waals surface area contributed by atoms with Crippen molar-refractivity contribution in [3.8, 4) is 0 Å². The Bertz CT molecular complexity index is 812. The zero-order valence-corrected chi connectivity index (χ0v) is 30.6. The average Bonchev–Trinajstić information content (AvgIpc) is 3.44. The molecule has 0 aromatic rings. The second-order valence-corrected chi connectivity index (χ2v) is 11.5. The van der Waals surface area contributed by atoms with Crippen LogP contribution in [0, 0.1) is 0 Å². The van der Waals surface area contributed by atoms with E-state index in [0.29, 0.717) is 119 Å². The van der Waals surface area contributed by atoms with E-state index < -0.39 is 0 Å². The number of hydrogen-bond acceptors (Lipinski definition) is 13. The lowest BCUT2D eigenvalue weighted by Crippen LogP contribution is -2.33. The minimum atomic E-state index is -0.308. The zero-order valence-electron chi connectivity index (χ0n) is 30.6. The first kappa shape index (κ1) is 46.0. The van der Waals surface area contributed by atoms with Crippen LogP contribution in [0.25, 0.3) is 0 Å². The monoisotopic (exact) mass is 719 g/mol. The van der Waals surface area contributed by atoms with E-state index in [1.165, 1.54) is 57.1 Å². The zero-order chi connectivity index (χ0) is 36.0. The summed E-state index contributed by atoms with van der Waals surface area (Å²) in [5.41, 5.74) is 0. The highest BCUT2D eigenvalue weighted by molar-refractivity contribution is 6.12. The first-order valence-electron chi connectivity index (χ1n) is 18.5. The Morgan fingerprint density at radius 2 is 0.740 bits per heavy atom. The molecular weight excluding hydrogens is 654 g/mol. The standard InChI is InChI=1S/C36H65NO13/c1-2-3-4-5-6-7-8-9-10-11-36(40)50-33-32-49-31-30-48-29-28-47-27-26-46-25-24-45-23-22-44-21-20-43-19-18-42-17-16-41-15-14-37-34(38)12-13-35(37)39/h12-13H,2-11,14-33H2,1H3. The fourth-order valence-corrected chi connectivity index (χ4v) is 4.54. The van der Waals surface area contributed by atoms with Crippen LogP contribution in [0.2, 0.25) is 0 Å². The van der Waals surface area contributed by atoms with Gasteiger partial charge in [0.25, 0.3) is 11.8 Å². The van der Waals surface area contributed by atoms with E-state index in [1.807, 2.05) is 0 Å². The van der Waals surface area contributed by atoms with Crippen molar-refractivity contribution in [3.05, 3.63) is 12.2 Å². The lowest BCUT2D eigenvalue weighted by atomic mass is 10.1. The Morgan fingerprint density at radius 3 is 1.10 bits per heavy atom. The van der Waals surface area contributed by atoms with Gasteiger partial charge >= 0.3 is 5.97 Å². The molecule has 0 fully saturated rings. The molecule has 0 unspecified atom stereocenters. The third kappa shape index (κ3) is 30.8. The van der Waals surface area contributed by atoms with Crippen molar-refractivity contribution in [2.45, 2.75) is 71.1 Å². The number of hydrogen-bond donors (Lipinski definition) is 0. The molecule has 0 saturated heterocycles. The molecule has 0 aliphatic carbocycles. The highest BCUT2D eigenvalue weighted by Gasteiger charge is 2.22. The summed E-state index contributed by atoms with van der Waals surface area (Å²) in [6.45, 7) is 10.7. The van der Waals surface area contributed by atoms with Gasteiger partial charge in [-0.1, -0.05) is 58.3 Å². The molecule has 0 saturated carbocycles. The molecule has 0 atom stereocenters. The number of ether oxygens (including phenoxy) is 10. The van der Waals surface area contributed by atoms with Crippen molar-refractivity contribution in [1.82, 2.24) is 4.90 Å². The van der Waals surface area contributed by atoms with Crippen LogP contribution in [-0.2, 0) is 61.8 Å². The highest BCUT2D eigenvalue weighted by atomic mass is 16.6. The molecular formula is C36H65NO13. The van der Waals surface area contributed by atoms with E-state index in [2.05, 4.69) is 6.92 Å². The molecule has 0 bridgehead atoms. The molecule has 1 aliphatic rings. The van der Waals surface area contributed by atoms with E-state index in [-0.39, 0.29) is 37.5 Å². The van der Waals surface area contributed by atoms with Gasteiger partial charge in [0.05, 0.1) is 125 Å². The molecule has 2 amide bonds. The van der Waals surface area contributed by atoms with Crippen molar-refractivity contribution >= 4 is 17.8 Å². The summed E-state index contributed by atoms with van der Waals surface area (Å²) < 4.78 is 54.2. The largest absolute Gasteiger partial charge is 0.463 e. The lowest BCUT2D eigenvalue weighted by molar-refractivity contribution is -0.145. The highest BCUT2D eigenvalue weighted by Crippen LogP contribution is 2.10. The molecule has 14 heteroatoms. The molecule has 14 nitrogen and oxygen atoms in total. The van der Waals surface area contributed by atoms with Gasteiger partial charge in [-0.05, 0) is 6.42 Å². The first-order valence-corrected chi connectivity index (χ1v) is 18.5. The van der Waals surface area contributed by atoms with Gasteiger partial charge in [-0.2, -0.15) is 0 Å². The van der Waals surface area contributed by atoms with E-state index in [0.717, 1.165) is 17.7 Å². The van der Waals surface area contributed by atoms with Crippen molar-refractivity contribution in [2.75, 3.05) is 132 Å². The number of imide groups is 1. The normalized spacial score (nSPS) is 12.9. The third-order valence-corrected chi connectivity index (χ3v) is 7.31. The topological polar surface area (TPSA) is 147 Å². The number of amides is 2. The van der Waals surface area contributed by atoms with Crippen molar-refractivity contribution in [1.29, 1.82) is 0 Å². The maximum absolute atomic E-state index is 11.8. The van der Waals surface area contributed by atoms with E-state index >= 15 is 0 Å². The van der Waals surface area contributed by atoms with E-state index in [9.17, 15) is 14.4 Å². The number of esters is 1. The molecule has 0 radical (unpaired) electrons. The quantitative estimate of drug-likeness (QED) is 0.0518. The summed E-state index contributed by atoms with van der Waals surface area (Å²) in [6, 6.07) is 0. The van der Waals surface area contributed by atoms with Gasteiger partial charge in [-0.15, -0.1) is 0 Å². The summed E-state index contributed by atoms with van der Waals surface area (Å²) in [5, 5.41) is 0. The Labute approximate surface area is 299 Å². The van der Waals surface area contributed by atoms with Crippen LogP contribution >= 0.6 is 0 Å². The SMILES string of the molecule is CCCCCCCCCCCC(=O)OCCOCCOCCOCCOCCOCCOCCOCCOCCOCCN1C(=O)C=CC1=O. The summed E-state index contributed by atoms with van der Waals surface area (Å²) in [4.78, 5) is 35.7. The van der Waals surface area contributed by atoms with Crippen LogP contribution < -0.4 is 0 Å². The van der Waals surface area contributed by atoms with Crippen molar-refractivity contribution in [3.63, 3.8) is 0 Å². The number of nitrogens with zero attached hydrogens (tertiary/aromatic N) is 1. The van der Waals surface area contributed by atoms with Crippen LogP contribution in [0.1, 0.15) is 71.1 Å². The van der Waals surface area contributed by atoms with E-state index in [1.54, 1.807) is 0 Å². The second-order valence-electron chi connectivity index (χ2n) is 11.5. The summed E-state index contributed by atoms with van der Waals surface area (Å²) in [6.07, 6.45) is 14.1. The molecule has 50 heavy (non-hydrogen) atoms. The van der Waals surface area contributed by atoms with Crippen LogP contribution in [0.3, 0.4) is 0 Å². The smallest absolute Gasteiger partial charge is 0.305 e. The van der Waals surface area contributed by atoms with Crippen LogP contribution in [0.4, 0.5) is 0 Å². The maximum Gasteiger partial charge on any atom is 0.305 e. The predicted octanol–water partition coefficient (Wildman–Crippen LogP) is 3.52. The molecule has 0 spiro atoms. The molecule has 0 aromatic heterocycles. The molecule has 1 heterocycles. The Morgan fingerprint density at radius 1 is 0.440 bits per heavy atom. The van der Waals surface area contributed by atoms with Crippen molar-refractivity contribution in [2.24, 2.45) is 0 Å². The van der Waals surface area contributed by atoms with Gasteiger partial charge < -0.3 is 47.4 Å². The fraction of sp³-hybridized carbons (Fsp3) is 0.861. The Kier molecular flexibility index (Phi) is 33.8. The van der Waals surface area contributed by atoms with Crippen LogP contribution in [0.15, 0.2) is 12.2 Å². The average molecular weight is 720 g/mol. The number of rotatable bonds is 40. The molecule has 1 aliphatic heterocycles. The predicted molar refractivity (Wildman–Crippen MR) is 186 cm³/mol. The second kappa shape index (κ2) is 36.8. The van der Waals surface area contributed by atoms with Crippen LogP contribution in [-0.4, -0.2) is 155 Å². The van der Waals surface area contributed by atoms with Gasteiger partial charge in [-0.25, -0.2) is 0 Å². The van der Waals surface area contributed by atoms with Gasteiger partial charge in [0.2, 0.25) is 0 Å². The van der Waals surface area contributed by atoms with Gasteiger partial charge in [-0.3, -0.25) is 19.3 Å². The minimum absolute atomic E-state index is 0.143. The lowest BCUT2D eigenvalue weighted by Gasteiger charge is -2.13. The van der Waals surface area contributed by atoms with Gasteiger partial charge in [0.1, 0.15) is 6.61 Å². The minimum Gasteiger partial charge on any atom is -0.463 e. The summed E-state index contributed by atoms with van der Waals surface area (Å²) >= 11 is 0. The summed E-state index contributed by atoms with van der Waals surface area (Å²) in [5.74, 6) is -0.758. The third-order valence-electron chi connectivity index (χ3n) is 7.31. The molecule has 1 rings (SSSR count). The first-order chi connectivity index (χ1) is 24.6. The van der Waals surface area contributed by atoms with Crippen LogP contribution in [0.5, 0.6) is 0 Å². The van der Waals surface area contributed by atoms with E-state index in [4.69, 9.17) is 47.4 Å². The van der Waals surface area contributed by atoms with Gasteiger partial charge in [0.15, 0.2) is 0 Å². The molecule has 292 valence electrons. The van der Waals surface area contributed by atoms with Gasteiger partial charge in [0, 0.05) is 18.6 Å². The van der Waals surface area contributed by atoms with Crippen molar-refractivity contribution < 1.29 is 61.8 Å². The Hall–Kier alpha value is -2.01. The number of unbranched alkanes of at least 4 members (excludes halogenated alkanes) is 8. The summed E-state index contributed by atoms with van der Waals surface area (Å²) in [7, 11) is 0. The maximum atomic E-state index is 11.8. The number of carbonyl (C=O) groups is 3. The number of carbonyl (C=O) groups excluding carboxylic acids is 3.